The molecule has 2 aromatic carbocycles. The van der Waals surface area contributed by atoms with E-state index in [0.29, 0.717) is 11.5 Å². The molecule has 3 rings (SSSR count). The number of fused-ring (bicyclic) bond motifs is 1. The SMILES string of the molecule is CCOC(=O)C1=C(c2ccccc2)Nc2ccccc2CS1. The molecule has 112 valence electrons. The van der Waals surface area contributed by atoms with Gasteiger partial charge in [-0.15, -0.1) is 11.8 Å². The predicted molar refractivity (Wildman–Crippen MR) is 91.4 cm³/mol. The lowest BCUT2D eigenvalue weighted by Crippen LogP contribution is -2.10. The molecule has 0 bridgehead atoms. The molecule has 4 heteroatoms. The van der Waals surface area contributed by atoms with Crippen LogP contribution in [0.3, 0.4) is 0 Å². The maximum absolute atomic E-state index is 12.3. The van der Waals surface area contributed by atoms with E-state index in [1.54, 1.807) is 0 Å². The minimum atomic E-state index is -0.272. The van der Waals surface area contributed by atoms with E-state index in [4.69, 9.17) is 4.74 Å². The third kappa shape index (κ3) is 3.02. The van der Waals surface area contributed by atoms with Crippen LogP contribution in [-0.2, 0) is 15.3 Å². The van der Waals surface area contributed by atoms with Crippen LogP contribution in [0.1, 0.15) is 18.1 Å². The molecule has 1 N–H and O–H groups in total. The van der Waals surface area contributed by atoms with E-state index >= 15 is 0 Å². The van der Waals surface area contributed by atoms with E-state index in [1.807, 2.05) is 55.5 Å². The summed E-state index contributed by atoms with van der Waals surface area (Å²) >= 11 is 1.52. The third-order valence-corrected chi connectivity index (χ3v) is 4.51. The van der Waals surface area contributed by atoms with Crippen molar-refractivity contribution in [3.63, 3.8) is 0 Å². The van der Waals surface area contributed by atoms with Gasteiger partial charge in [-0.25, -0.2) is 4.79 Å². The zero-order chi connectivity index (χ0) is 15.4. The van der Waals surface area contributed by atoms with Gasteiger partial charge in [-0.3, -0.25) is 0 Å². The van der Waals surface area contributed by atoms with Crippen LogP contribution in [0.25, 0.3) is 5.70 Å². The van der Waals surface area contributed by atoms with Crippen molar-refractivity contribution in [2.45, 2.75) is 12.7 Å². The van der Waals surface area contributed by atoms with Gasteiger partial charge in [0.1, 0.15) is 4.91 Å². The third-order valence-electron chi connectivity index (χ3n) is 3.40. The van der Waals surface area contributed by atoms with Gasteiger partial charge in [-0.1, -0.05) is 48.5 Å². The molecule has 0 radical (unpaired) electrons. The van der Waals surface area contributed by atoms with E-state index in [0.717, 1.165) is 22.7 Å². The van der Waals surface area contributed by atoms with E-state index in [1.165, 1.54) is 17.3 Å². The van der Waals surface area contributed by atoms with Crippen molar-refractivity contribution in [2.24, 2.45) is 0 Å². The number of hydrogen-bond donors (Lipinski definition) is 1. The molecule has 0 atom stereocenters. The van der Waals surface area contributed by atoms with E-state index in [9.17, 15) is 4.79 Å². The Morgan fingerprint density at radius 1 is 1.14 bits per heavy atom. The van der Waals surface area contributed by atoms with Crippen LogP contribution in [0.15, 0.2) is 59.5 Å². The van der Waals surface area contributed by atoms with Crippen LogP contribution in [-0.4, -0.2) is 12.6 Å². The Labute approximate surface area is 134 Å². The van der Waals surface area contributed by atoms with Crippen molar-refractivity contribution in [1.29, 1.82) is 0 Å². The summed E-state index contributed by atoms with van der Waals surface area (Å²) in [4.78, 5) is 13.0. The first kappa shape index (κ1) is 14.7. The normalized spacial score (nSPS) is 13.9. The molecular weight excluding hydrogens is 294 g/mol. The quantitative estimate of drug-likeness (QED) is 0.859. The number of rotatable bonds is 3. The second kappa shape index (κ2) is 6.71. The maximum Gasteiger partial charge on any atom is 0.346 e. The first-order valence-electron chi connectivity index (χ1n) is 7.24. The summed E-state index contributed by atoms with van der Waals surface area (Å²) in [6.07, 6.45) is 0. The maximum atomic E-state index is 12.3. The molecule has 2 aromatic rings. The number of carbonyl (C=O) groups is 1. The molecule has 22 heavy (non-hydrogen) atoms. The van der Waals surface area contributed by atoms with E-state index in [-0.39, 0.29) is 5.97 Å². The summed E-state index contributed by atoms with van der Waals surface area (Å²) in [5.41, 5.74) is 4.01. The molecule has 0 unspecified atom stereocenters. The summed E-state index contributed by atoms with van der Waals surface area (Å²) in [5, 5.41) is 3.42. The fraction of sp³-hybridized carbons (Fsp3) is 0.167. The molecule has 1 aliphatic heterocycles. The van der Waals surface area contributed by atoms with Crippen LogP contribution in [0, 0.1) is 0 Å². The van der Waals surface area contributed by atoms with Crippen molar-refractivity contribution >= 4 is 29.1 Å². The van der Waals surface area contributed by atoms with Gasteiger partial charge in [0.25, 0.3) is 0 Å². The second-order valence-electron chi connectivity index (χ2n) is 4.86. The van der Waals surface area contributed by atoms with Gasteiger partial charge >= 0.3 is 5.97 Å². The average Bonchev–Trinajstić information content (AvgIpc) is 2.75. The summed E-state index contributed by atoms with van der Waals surface area (Å²) in [7, 11) is 0. The Hall–Kier alpha value is -2.20. The molecule has 0 aromatic heterocycles. The molecule has 0 amide bonds. The Morgan fingerprint density at radius 3 is 2.64 bits per heavy atom. The predicted octanol–water partition coefficient (Wildman–Crippen LogP) is 4.28. The van der Waals surface area contributed by atoms with Gasteiger partial charge in [-0.2, -0.15) is 0 Å². The highest BCUT2D eigenvalue weighted by molar-refractivity contribution is 8.03. The Bertz CT molecular complexity index is 710. The molecule has 3 nitrogen and oxygen atoms in total. The van der Waals surface area contributed by atoms with Gasteiger partial charge in [0.15, 0.2) is 0 Å². The Balaban J connectivity index is 2.08. The summed E-state index contributed by atoms with van der Waals surface area (Å²) < 4.78 is 5.23. The van der Waals surface area contributed by atoms with Gasteiger partial charge in [0.05, 0.1) is 12.3 Å². The molecule has 0 aliphatic carbocycles. The van der Waals surface area contributed by atoms with Crippen LogP contribution < -0.4 is 5.32 Å². The van der Waals surface area contributed by atoms with Gasteiger partial charge < -0.3 is 10.1 Å². The summed E-state index contributed by atoms with van der Waals surface area (Å²) in [5.74, 6) is 0.472. The number of ether oxygens (including phenoxy) is 1. The van der Waals surface area contributed by atoms with Crippen molar-refractivity contribution in [3.05, 3.63) is 70.6 Å². The first-order chi connectivity index (χ1) is 10.8. The highest BCUT2D eigenvalue weighted by Gasteiger charge is 2.23. The molecule has 0 saturated heterocycles. The minimum absolute atomic E-state index is 0.272. The molecule has 1 heterocycles. The largest absolute Gasteiger partial charge is 0.462 e. The first-order valence-corrected chi connectivity index (χ1v) is 8.22. The topological polar surface area (TPSA) is 38.3 Å². The molecule has 0 spiro atoms. The molecular formula is C18H17NO2S. The number of para-hydroxylation sites is 1. The van der Waals surface area contributed by atoms with Gasteiger partial charge in [0.2, 0.25) is 0 Å². The van der Waals surface area contributed by atoms with E-state index < -0.39 is 0 Å². The number of esters is 1. The number of anilines is 1. The standard InChI is InChI=1S/C18H17NO2S/c1-2-21-18(20)17-16(13-8-4-3-5-9-13)19-15-11-7-6-10-14(15)12-22-17/h3-11,19H,2,12H2,1H3. The number of carbonyl (C=O) groups excluding carboxylic acids is 1. The highest BCUT2D eigenvalue weighted by atomic mass is 32.2. The van der Waals surface area contributed by atoms with Crippen molar-refractivity contribution < 1.29 is 9.53 Å². The number of benzene rings is 2. The van der Waals surface area contributed by atoms with Crippen LogP contribution in [0.5, 0.6) is 0 Å². The Kier molecular flexibility index (Phi) is 4.49. The Morgan fingerprint density at radius 2 is 1.86 bits per heavy atom. The molecule has 1 aliphatic rings. The monoisotopic (exact) mass is 311 g/mol. The highest BCUT2D eigenvalue weighted by Crippen LogP contribution is 2.37. The van der Waals surface area contributed by atoms with E-state index in [2.05, 4.69) is 11.4 Å². The van der Waals surface area contributed by atoms with Crippen LogP contribution in [0.2, 0.25) is 0 Å². The van der Waals surface area contributed by atoms with Gasteiger partial charge in [0, 0.05) is 11.4 Å². The fourth-order valence-electron chi connectivity index (χ4n) is 2.35. The van der Waals surface area contributed by atoms with Crippen LogP contribution >= 0.6 is 11.8 Å². The zero-order valence-electron chi connectivity index (χ0n) is 12.3. The summed E-state index contributed by atoms with van der Waals surface area (Å²) in [6.45, 7) is 2.20. The second-order valence-corrected chi connectivity index (χ2v) is 5.85. The van der Waals surface area contributed by atoms with Gasteiger partial charge in [-0.05, 0) is 24.1 Å². The zero-order valence-corrected chi connectivity index (χ0v) is 13.2. The van der Waals surface area contributed by atoms with Crippen molar-refractivity contribution in [1.82, 2.24) is 0 Å². The molecule has 0 saturated carbocycles. The van der Waals surface area contributed by atoms with Crippen molar-refractivity contribution in [3.8, 4) is 0 Å². The lowest BCUT2D eigenvalue weighted by molar-refractivity contribution is -0.137. The lowest BCUT2D eigenvalue weighted by atomic mass is 10.1. The fourth-order valence-corrected chi connectivity index (χ4v) is 3.39. The average molecular weight is 311 g/mol. The minimum Gasteiger partial charge on any atom is -0.462 e. The summed E-state index contributed by atoms with van der Waals surface area (Å²) in [6, 6.07) is 18.0. The van der Waals surface area contributed by atoms with Crippen molar-refractivity contribution in [2.75, 3.05) is 11.9 Å². The lowest BCUT2D eigenvalue weighted by Gasteiger charge is -2.14. The smallest absolute Gasteiger partial charge is 0.346 e. The number of nitrogens with one attached hydrogen (secondary N) is 1. The number of thioether (sulfide) groups is 1. The molecule has 0 fully saturated rings. The van der Waals surface area contributed by atoms with Crippen LogP contribution in [0.4, 0.5) is 5.69 Å². The number of hydrogen-bond acceptors (Lipinski definition) is 4.